The first kappa shape index (κ1) is 103. The lowest BCUT2D eigenvalue weighted by molar-refractivity contribution is 0.0963. The minimum Gasteiger partial charge on any atom is -0.494 e. The van der Waals surface area contributed by atoms with Gasteiger partial charge in [-0.05, 0) is 235 Å². The molecule has 0 bridgehead atoms. The number of aromatic nitrogens is 10. The number of pyridine rings is 1. The Labute approximate surface area is 830 Å². The van der Waals surface area contributed by atoms with Crippen LogP contribution < -0.4 is 28.4 Å². The number of sulfonamides is 3. The number of aryl methyl sites for hydroxylation is 13. The van der Waals surface area contributed by atoms with Crippen LogP contribution in [-0.2, 0) is 118 Å². The molecule has 0 aliphatic carbocycles. The molecule has 9 aromatic carbocycles. The van der Waals surface area contributed by atoms with Gasteiger partial charge in [0.1, 0.15) is 34.3 Å². The maximum Gasteiger partial charge on any atom is 0.281 e. The number of methoxy groups -OCH3 is 3. The van der Waals surface area contributed by atoms with Gasteiger partial charge < -0.3 is 42.5 Å². The summed E-state index contributed by atoms with van der Waals surface area (Å²) in [6, 6.07) is 56.4. The average molecular weight is 2010 g/mol. The molecule has 140 heavy (non-hydrogen) atoms. The molecule has 7 aromatic heterocycles. The molecule has 3 amide bonds. The number of benzene rings is 9. The zero-order chi connectivity index (χ0) is 100. The highest BCUT2D eigenvalue weighted by Crippen LogP contribution is 2.43. The van der Waals surface area contributed by atoms with E-state index in [1.807, 2.05) is 201 Å². The fraction of sp³-hybridized carbons (Fsp3) is 0.274. The molecule has 0 spiro atoms. The summed E-state index contributed by atoms with van der Waals surface area (Å²) in [6.45, 7) is 19.9. The maximum absolute atomic E-state index is 14.5. The molecule has 0 radical (unpaired) electrons. The summed E-state index contributed by atoms with van der Waals surface area (Å²) in [5.41, 5.74) is 21.9. The molecular weight excluding hydrogens is 1900 g/mol. The van der Waals surface area contributed by atoms with E-state index in [4.69, 9.17) is 68.3 Å². The first-order valence-corrected chi connectivity index (χ1v) is 50.9. The van der Waals surface area contributed by atoms with Gasteiger partial charge in [0.15, 0.2) is 0 Å². The molecule has 0 saturated heterocycles. The Hall–Kier alpha value is -13.2. The Morgan fingerprint density at radius 2 is 0.736 bits per heavy atom. The van der Waals surface area contributed by atoms with Crippen LogP contribution in [0, 0.1) is 62.3 Å². The van der Waals surface area contributed by atoms with Crippen LogP contribution in [0.2, 0.25) is 15.1 Å². The predicted molar refractivity (Wildman–Crippen MR) is 547 cm³/mol. The first-order chi connectivity index (χ1) is 66.9. The molecule has 0 fully saturated rings. The second-order valence-corrected chi connectivity index (χ2v) is 40.6. The molecule has 730 valence electrons. The van der Waals surface area contributed by atoms with Gasteiger partial charge in [-0.2, -0.15) is 15.3 Å². The molecule has 0 aliphatic heterocycles. The van der Waals surface area contributed by atoms with E-state index >= 15 is 0 Å². The van der Waals surface area contributed by atoms with Crippen molar-refractivity contribution in [3.05, 3.63) is 328 Å². The Kier molecular flexibility index (Phi) is 32.6. The first-order valence-electron chi connectivity index (χ1n) is 45.3. The summed E-state index contributed by atoms with van der Waals surface area (Å²) >= 11 is 19.0. The molecule has 34 heteroatoms. The van der Waals surface area contributed by atoms with E-state index in [0.29, 0.717) is 109 Å². The third kappa shape index (κ3) is 22.5. The van der Waals surface area contributed by atoms with Crippen molar-refractivity contribution >= 4 is 115 Å². The van der Waals surface area contributed by atoms with Gasteiger partial charge in [0.2, 0.25) is 0 Å². The fourth-order valence-electron chi connectivity index (χ4n) is 17.9. The average Bonchev–Trinajstić information content (AvgIpc) is 1.59. The van der Waals surface area contributed by atoms with Gasteiger partial charge in [-0.25, -0.2) is 39.4 Å². The van der Waals surface area contributed by atoms with Gasteiger partial charge in [-0.3, -0.25) is 33.4 Å². The highest BCUT2D eigenvalue weighted by Gasteiger charge is 2.34. The van der Waals surface area contributed by atoms with Crippen molar-refractivity contribution in [3.63, 3.8) is 0 Å². The molecule has 4 N–H and O–H groups in total. The number of para-hydroxylation sites is 3. The van der Waals surface area contributed by atoms with Crippen LogP contribution in [0.15, 0.2) is 221 Å². The van der Waals surface area contributed by atoms with Gasteiger partial charge in [0.25, 0.3) is 47.8 Å². The lowest BCUT2D eigenvalue weighted by Crippen LogP contribution is -2.33. The van der Waals surface area contributed by atoms with E-state index in [0.717, 1.165) is 151 Å². The minimum absolute atomic E-state index is 0.00356. The van der Waals surface area contributed by atoms with Crippen LogP contribution in [0.1, 0.15) is 141 Å². The second-order valence-electron chi connectivity index (χ2n) is 34.4. The van der Waals surface area contributed by atoms with Crippen molar-refractivity contribution in [1.82, 2.24) is 62.6 Å². The molecule has 0 saturated carbocycles. The van der Waals surface area contributed by atoms with Crippen molar-refractivity contribution in [2.45, 2.75) is 142 Å². The summed E-state index contributed by atoms with van der Waals surface area (Å²) in [5, 5.41) is 18.7. The van der Waals surface area contributed by atoms with Crippen molar-refractivity contribution in [1.29, 1.82) is 0 Å². The van der Waals surface area contributed by atoms with Crippen LogP contribution in [0.25, 0.3) is 66.1 Å². The van der Waals surface area contributed by atoms with Crippen molar-refractivity contribution in [2.75, 3.05) is 41.2 Å². The predicted octanol–water partition coefficient (Wildman–Crippen LogP) is 20.2. The number of halogens is 3. The van der Waals surface area contributed by atoms with Gasteiger partial charge in [0.05, 0.1) is 88.0 Å². The smallest absolute Gasteiger partial charge is 0.281 e. The van der Waals surface area contributed by atoms with Gasteiger partial charge in [-0.15, -0.1) is 0 Å². The van der Waals surface area contributed by atoms with Crippen LogP contribution in [0.5, 0.6) is 17.2 Å². The number of aromatic amines is 1. The van der Waals surface area contributed by atoms with Crippen molar-refractivity contribution in [3.8, 4) is 50.6 Å². The molecule has 0 aliphatic rings. The number of amides is 3. The highest BCUT2D eigenvalue weighted by atomic mass is 35.5. The monoisotopic (exact) mass is 2010 g/mol. The quantitative estimate of drug-likeness (QED) is 0.0268. The van der Waals surface area contributed by atoms with Crippen LogP contribution in [-0.4, -0.2) is 133 Å². The Morgan fingerprint density at radius 1 is 0.393 bits per heavy atom. The fourth-order valence-corrected chi connectivity index (χ4v) is 21.1. The normalized spacial score (nSPS) is 11.7. The molecule has 28 nitrogen and oxygen atoms in total. The summed E-state index contributed by atoms with van der Waals surface area (Å²) < 4.78 is 130. The van der Waals surface area contributed by atoms with E-state index < -0.39 is 47.8 Å². The van der Waals surface area contributed by atoms with E-state index in [9.17, 15) is 39.6 Å². The molecule has 16 rings (SSSR count). The van der Waals surface area contributed by atoms with Crippen molar-refractivity contribution < 1.29 is 68.1 Å². The SMILES string of the molecule is COCc1nn(C)c(C)c1-c1cccc2c(CCCOc3cc(C)c(Cl)c(C)c3)c(C(=O)NS(=O)(=O)c3ccccc3)[nH]c12.COCc1nn(C)c(C)c1-c1cccc2c(CCCOc3cc(C)c(Cl)c(C)c3)c(C(=O)NS(=O)(=O)c3ccccc3)n(C)c12.COCc1nn(C)c(C)c1-c1cccc2c(CCCOc3cc(C)c(Cl)c(C)c3)c(C(=O)NS(=O)(=O)c3ccccc3)n(Cc3cccnc3)c12. The zero-order valence-corrected chi connectivity index (χ0v) is 85.5. The number of fused-ring (bicyclic) bond motifs is 3. The van der Waals surface area contributed by atoms with Gasteiger partial charge in [0, 0.05) is 150 Å². The van der Waals surface area contributed by atoms with Crippen molar-refractivity contribution in [2.24, 2.45) is 28.2 Å². The van der Waals surface area contributed by atoms with E-state index in [2.05, 4.69) is 34.3 Å². The number of nitrogens with one attached hydrogen (secondary N) is 4. The molecule has 0 atom stereocenters. The minimum atomic E-state index is -4.19. The van der Waals surface area contributed by atoms with E-state index in [1.165, 1.54) is 36.4 Å². The lowest BCUT2D eigenvalue weighted by atomic mass is 9.98. The number of rotatable bonds is 35. The number of carbonyl (C=O) groups is 3. The molecule has 7 heterocycles. The molecule has 0 unspecified atom stereocenters. The van der Waals surface area contributed by atoms with Crippen LogP contribution in [0.4, 0.5) is 0 Å². The molecule has 16 aromatic rings. The standard InChI is InChI=1S/C39H40ClN5O5S.C34H37ClN4O5S.C33H35ClN4O5S/c1-25-20-29(21-26(2)36(25)40)50-19-11-17-32-31-15-9-16-33(35-27(3)44(4)42-34(35)24-49-5)37(31)45(23-28-12-10-18-41-22-28)38(32)39(46)43-51(47,48)30-13-7-6-8-14-30;1-21-18-24(19-22(2)31(21)35)44-17-11-16-27-26-14-10-15-28(30-23(3)39(5)36-29(30)20-43-6)32(26)38(4)33(27)34(40)37-45(41,42)25-12-8-7-9-13-25;1-20-17-23(18-21(2)30(20)34)43-16-10-15-26-25-13-9-14-27(29-22(3)38(4)36-28(29)19-42-5)31(25)35-32(26)33(39)37-44(40,41)24-11-7-6-8-12-24/h6-10,12-16,18,20-22H,11,17,19,23-24H2,1-5H3,(H,43,46);7-10,12-15,18-19H,11,16-17,20H2,1-6H3,(H,37,40);6-9,11-14,17-18,35H,10,15-16,19H2,1-5H3,(H,37,39). The van der Waals surface area contributed by atoms with E-state index in [-0.39, 0.29) is 44.9 Å². The number of H-pyrrole nitrogens is 1. The largest absolute Gasteiger partial charge is 0.494 e. The second kappa shape index (κ2) is 44.5. The van der Waals surface area contributed by atoms with Gasteiger partial charge >= 0.3 is 0 Å². The molecular formula is C106H112Cl3N13O15S3. The maximum atomic E-state index is 14.5. The number of ether oxygens (including phenoxy) is 6. The third-order valence-corrected chi connectivity index (χ3v) is 30.5. The Bertz CT molecular complexity index is 7620. The lowest BCUT2D eigenvalue weighted by Gasteiger charge is -2.15. The van der Waals surface area contributed by atoms with Crippen LogP contribution in [0.3, 0.4) is 0 Å². The van der Waals surface area contributed by atoms with E-state index in [1.54, 1.807) is 105 Å². The summed E-state index contributed by atoms with van der Waals surface area (Å²) in [4.78, 5) is 49.7. The number of hydrogen-bond acceptors (Lipinski definition) is 19. The number of carbonyl (C=O) groups excluding carboxylic acids is 3. The Balaban J connectivity index is 0.000000168. The number of hydrogen-bond donors (Lipinski definition) is 4. The van der Waals surface area contributed by atoms with Crippen LogP contribution >= 0.6 is 34.8 Å². The van der Waals surface area contributed by atoms with Gasteiger partial charge in [-0.1, -0.05) is 150 Å². The summed E-state index contributed by atoms with van der Waals surface area (Å²) in [5.74, 6) is -0.0288. The summed E-state index contributed by atoms with van der Waals surface area (Å²) in [6.07, 6.45) is 6.48. The Morgan fingerprint density at radius 3 is 1.12 bits per heavy atom. The highest BCUT2D eigenvalue weighted by molar-refractivity contribution is 7.90. The topological polar surface area (TPSA) is 337 Å². The number of nitrogens with zero attached hydrogens (tertiary/aromatic N) is 9. The zero-order valence-electron chi connectivity index (χ0n) is 80.8. The third-order valence-electron chi connectivity index (χ3n) is 24.6. The summed E-state index contributed by atoms with van der Waals surface area (Å²) in [7, 11) is -0.112.